The van der Waals surface area contributed by atoms with E-state index in [1.165, 1.54) is 0 Å². The van der Waals surface area contributed by atoms with Crippen molar-refractivity contribution in [3.63, 3.8) is 0 Å². The first-order chi connectivity index (χ1) is 6.14. The standard InChI is InChI=1S/C9H15FN2O/c1-2-3-9(10)4-6(12-5-9)7-8(11)13-7/h8,12H,2-5,11H2,1H3. The van der Waals surface area contributed by atoms with Crippen molar-refractivity contribution < 1.29 is 9.13 Å². The molecule has 3 nitrogen and oxygen atoms in total. The Bertz CT molecular complexity index is 254. The van der Waals surface area contributed by atoms with Gasteiger partial charge in [-0.3, -0.25) is 5.73 Å². The third-order valence-corrected chi connectivity index (χ3v) is 2.56. The van der Waals surface area contributed by atoms with Gasteiger partial charge in [-0.2, -0.15) is 0 Å². The van der Waals surface area contributed by atoms with Gasteiger partial charge in [-0.1, -0.05) is 13.3 Å². The molecule has 4 heteroatoms. The van der Waals surface area contributed by atoms with Gasteiger partial charge in [-0.05, 0) is 6.42 Å². The summed E-state index contributed by atoms with van der Waals surface area (Å²) in [6.07, 6.45) is 1.62. The normalized spacial score (nSPS) is 42.8. The highest BCUT2D eigenvalue weighted by atomic mass is 19.1. The summed E-state index contributed by atoms with van der Waals surface area (Å²) in [6, 6.07) is 0. The van der Waals surface area contributed by atoms with Crippen molar-refractivity contribution in [1.29, 1.82) is 0 Å². The highest BCUT2D eigenvalue weighted by Crippen LogP contribution is 2.36. The van der Waals surface area contributed by atoms with Gasteiger partial charge in [0, 0.05) is 13.0 Å². The number of halogens is 1. The molecule has 0 radical (unpaired) electrons. The maximum atomic E-state index is 13.9. The van der Waals surface area contributed by atoms with Crippen LogP contribution in [0.25, 0.3) is 0 Å². The summed E-state index contributed by atoms with van der Waals surface area (Å²) in [5.74, 6) is 0.746. The van der Waals surface area contributed by atoms with Gasteiger partial charge < -0.3 is 10.1 Å². The quantitative estimate of drug-likeness (QED) is 0.633. The van der Waals surface area contributed by atoms with E-state index in [4.69, 9.17) is 10.5 Å². The molecule has 3 N–H and O–H groups in total. The first-order valence-electron chi connectivity index (χ1n) is 4.73. The number of ether oxygens (including phenoxy) is 1. The topological polar surface area (TPSA) is 50.6 Å². The molecule has 2 atom stereocenters. The lowest BCUT2D eigenvalue weighted by Gasteiger charge is -2.15. The number of nitrogens with one attached hydrogen (secondary N) is 1. The Kier molecular flexibility index (Phi) is 1.95. The van der Waals surface area contributed by atoms with Crippen molar-refractivity contribution in [1.82, 2.24) is 5.32 Å². The zero-order valence-corrected chi connectivity index (χ0v) is 7.77. The molecule has 2 aliphatic rings. The van der Waals surface area contributed by atoms with E-state index in [2.05, 4.69) is 5.32 Å². The third kappa shape index (κ3) is 1.63. The Balaban J connectivity index is 2.01. The fourth-order valence-electron chi connectivity index (χ4n) is 1.85. The minimum Gasteiger partial charge on any atom is -0.465 e. The molecule has 0 aromatic rings. The van der Waals surface area contributed by atoms with Crippen LogP contribution in [-0.2, 0) is 4.74 Å². The van der Waals surface area contributed by atoms with E-state index >= 15 is 0 Å². The third-order valence-electron chi connectivity index (χ3n) is 2.56. The van der Waals surface area contributed by atoms with Crippen LogP contribution in [0.1, 0.15) is 26.2 Å². The van der Waals surface area contributed by atoms with Crippen LogP contribution in [0.2, 0.25) is 0 Å². The predicted molar refractivity (Wildman–Crippen MR) is 47.5 cm³/mol. The average molecular weight is 186 g/mol. The van der Waals surface area contributed by atoms with Crippen LogP contribution in [0.4, 0.5) is 4.39 Å². The van der Waals surface area contributed by atoms with Crippen LogP contribution in [0.15, 0.2) is 11.5 Å². The molecule has 2 rings (SSSR count). The summed E-state index contributed by atoms with van der Waals surface area (Å²) in [5, 5.41) is 3.02. The first-order valence-corrected chi connectivity index (χ1v) is 4.73. The Morgan fingerprint density at radius 3 is 3.00 bits per heavy atom. The van der Waals surface area contributed by atoms with Gasteiger partial charge in [-0.15, -0.1) is 0 Å². The Labute approximate surface area is 77.1 Å². The molecule has 2 saturated heterocycles. The molecular formula is C9H15FN2O. The minimum absolute atomic E-state index is 0.286. The van der Waals surface area contributed by atoms with Crippen molar-refractivity contribution in [2.45, 2.75) is 38.1 Å². The number of nitrogens with two attached hydrogens (primary N) is 1. The summed E-state index contributed by atoms with van der Waals surface area (Å²) in [4.78, 5) is 0. The second kappa shape index (κ2) is 2.87. The number of hydrogen-bond donors (Lipinski definition) is 2. The monoisotopic (exact) mass is 186 g/mol. The second-order valence-corrected chi connectivity index (χ2v) is 3.81. The number of allylic oxidation sites excluding steroid dienone is 1. The lowest BCUT2D eigenvalue weighted by molar-refractivity contribution is 0.177. The van der Waals surface area contributed by atoms with Crippen LogP contribution in [0.5, 0.6) is 0 Å². The number of rotatable bonds is 2. The summed E-state index contributed by atoms with van der Waals surface area (Å²) in [5.41, 5.74) is 5.25. The van der Waals surface area contributed by atoms with Crippen LogP contribution in [0.3, 0.4) is 0 Å². The highest BCUT2D eigenvalue weighted by Gasteiger charge is 2.42. The number of alkyl halides is 1. The van der Waals surface area contributed by atoms with Gasteiger partial charge in [0.25, 0.3) is 0 Å². The molecule has 2 unspecified atom stereocenters. The molecule has 13 heavy (non-hydrogen) atoms. The maximum absolute atomic E-state index is 13.9. The van der Waals surface area contributed by atoms with Crippen molar-refractivity contribution >= 4 is 0 Å². The summed E-state index contributed by atoms with van der Waals surface area (Å²) < 4.78 is 18.9. The molecule has 2 heterocycles. The van der Waals surface area contributed by atoms with Crippen LogP contribution in [0, 0.1) is 0 Å². The largest absolute Gasteiger partial charge is 0.465 e. The molecule has 0 aliphatic carbocycles. The van der Waals surface area contributed by atoms with E-state index in [-0.39, 0.29) is 6.23 Å². The van der Waals surface area contributed by atoms with Gasteiger partial charge >= 0.3 is 0 Å². The van der Waals surface area contributed by atoms with E-state index in [9.17, 15) is 4.39 Å². The van der Waals surface area contributed by atoms with E-state index in [1.54, 1.807) is 0 Å². The molecular weight excluding hydrogens is 171 g/mol. The van der Waals surface area contributed by atoms with Crippen LogP contribution >= 0.6 is 0 Å². The van der Waals surface area contributed by atoms with Crippen molar-refractivity contribution in [3.8, 4) is 0 Å². The zero-order chi connectivity index (χ0) is 9.47. The molecule has 0 spiro atoms. The maximum Gasteiger partial charge on any atom is 0.207 e. The molecule has 0 amide bonds. The van der Waals surface area contributed by atoms with Gasteiger partial charge in [0.15, 0.2) is 5.76 Å². The van der Waals surface area contributed by atoms with Crippen molar-refractivity contribution in [2.24, 2.45) is 5.73 Å². The molecule has 2 aliphatic heterocycles. The number of epoxide rings is 1. The lowest BCUT2D eigenvalue weighted by atomic mass is 9.98. The predicted octanol–water partition coefficient (Wildman–Crippen LogP) is 1.01. The second-order valence-electron chi connectivity index (χ2n) is 3.81. The average Bonchev–Trinajstić information content (AvgIpc) is 2.65. The zero-order valence-electron chi connectivity index (χ0n) is 7.77. The highest BCUT2D eigenvalue weighted by molar-refractivity contribution is 5.25. The minimum atomic E-state index is -1.08. The molecule has 2 fully saturated rings. The smallest absolute Gasteiger partial charge is 0.207 e. The van der Waals surface area contributed by atoms with Crippen molar-refractivity contribution in [2.75, 3.05) is 6.54 Å². The SMILES string of the molecule is CCCC1(F)CNC(=C2OC2N)C1. The summed E-state index contributed by atoms with van der Waals surface area (Å²) in [7, 11) is 0. The van der Waals surface area contributed by atoms with E-state index in [1.807, 2.05) is 6.92 Å². The van der Waals surface area contributed by atoms with E-state index < -0.39 is 5.67 Å². The molecule has 74 valence electrons. The molecule has 0 aromatic heterocycles. The van der Waals surface area contributed by atoms with Gasteiger partial charge in [0.1, 0.15) is 5.67 Å². The summed E-state index contributed by atoms with van der Waals surface area (Å²) >= 11 is 0. The molecule has 0 aromatic carbocycles. The van der Waals surface area contributed by atoms with Gasteiger partial charge in [0.05, 0.1) is 5.70 Å². The van der Waals surface area contributed by atoms with Crippen molar-refractivity contribution in [3.05, 3.63) is 11.5 Å². The molecule has 0 bridgehead atoms. The molecule has 0 saturated carbocycles. The first kappa shape index (κ1) is 8.81. The lowest BCUT2D eigenvalue weighted by Crippen LogP contribution is -2.25. The Morgan fingerprint density at radius 2 is 2.46 bits per heavy atom. The summed E-state index contributed by atoms with van der Waals surface area (Å²) in [6.45, 7) is 2.39. The Morgan fingerprint density at radius 1 is 1.77 bits per heavy atom. The fourth-order valence-corrected chi connectivity index (χ4v) is 1.85. The van der Waals surface area contributed by atoms with Crippen LogP contribution < -0.4 is 11.1 Å². The van der Waals surface area contributed by atoms with Gasteiger partial charge in [-0.25, -0.2) is 4.39 Å². The fraction of sp³-hybridized carbons (Fsp3) is 0.778. The Hall–Kier alpha value is -0.770. The number of hydrogen-bond acceptors (Lipinski definition) is 3. The van der Waals surface area contributed by atoms with Crippen LogP contribution in [-0.4, -0.2) is 18.4 Å². The van der Waals surface area contributed by atoms with E-state index in [0.717, 1.165) is 17.9 Å². The van der Waals surface area contributed by atoms with Gasteiger partial charge in [0.2, 0.25) is 6.23 Å². The van der Waals surface area contributed by atoms with E-state index in [0.29, 0.717) is 19.4 Å².